The molecule has 1 aliphatic rings. The molecular weight excluding hydrogens is 126 g/mol. The van der Waals surface area contributed by atoms with Crippen LogP contribution in [0.25, 0.3) is 0 Å². The maximum atomic E-state index is 3.76. The van der Waals surface area contributed by atoms with E-state index in [4.69, 9.17) is 0 Å². The smallest absolute Gasteiger partial charge is 0.0546 e. The fourth-order valence-electron chi connectivity index (χ4n) is 1.21. The lowest BCUT2D eigenvalue weighted by molar-refractivity contribution is 0.139. The Morgan fingerprint density at radius 1 is 1.80 bits per heavy atom. The van der Waals surface area contributed by atoms with Gasteiger partial charge in [-0.15, -0.1) is 6.58 Å². The van der Waals surface area contributed by atoms with Crippen LogP contribution in [0.1, 0.15) is 0 Å². The van der Waals surface area contributed by atoms with E-state index in [0.717, 1.165) is 19.6 Å². The first-order valence-corrected chi connectivity index (χ1v) is 3.65. The van der Waals surface area contributed by atoms with Crippen LogP contribution in [0.2, 0.25) is 0 Å². The minimum Gasteiger partial charge on any atom is -0.313 e. The van der Waals surface area contributed by atoms with E-state index in [1.807, 2.05) is 13.1 Å². The number of hydrazine groups is 1. The number of rotatable bonds is 2. The Bertz CT molecular complexity index is 113. The van der Waals surface area contributed by atoms with Gasteiger partial charge >= 0.3 is 0 Å². The van der Waals surface area contributed by atoms with E-state index in [2.05, 4.69) is 22.3 Å². The predicted octanol–water partition coefficient (Wildman–Crippen LogP) is -0.419. The second-order valence-electron chi connectivity index (χ2n) is 2.42. The normalized spacial score (nSPS) is 28.3. The van der Waals surface area contributed by atoms with Gasteiger partial charge in [-0.25, -0.2) is 5.01 Å². The van der Waals surface area contributed by atoms with E-state index in [0.29, 0.717) is 6.04 Å². The van der Waals surface area contributed by atoms with Crippen LogP contribution in [0.3, 0.4) is 0 Å². The summed E-state index contributed by atoms with van der Waals surface area (Å²) in [4.78, 5) is 0. The molecule has 3 nitrogen and oxygen atoms in total. The van der Waals surface area contributed by atoms with E-state index in [9.17, 15) is 0 Å². The van der Waals surface area contributed by atoms with E-state index in [1.165, 1.54) is 0 Å². The molecule has 0 saturated carbocycles. The van der Waals surface area contributed by atoms with E-state index in [-0.39, 0.29) is 0 Å². The average Bonchev–Trinajstić information content (AvgIpc) is 2.04. The maximum absolute atomic E-state index is 3.76. The highest BCUT2D eigenvalue weighted by atomic mass is 15.5. The molecule has 1 saturated heterocycles. The first-order chi connectivity index (χ1) is 4.88. The molecule has 0 spiro atoms. The third kappa shape index (κ3) is 1.56. The predicted molar refractivity (Wildman–Crippen MR) is 42.6 cm³/mol. The molecule has 1 aliphatic heterocycles. The van der Waals surface area contributed by atoms with Gasteiger partial charge in [0.05, 0.1) is 6.04 Å². The SMILES string of the molecule is C=CC1CNCCN1NC. The van der Waals surface area contributed by atoms with Gasteiger partial charge in [0.1, 0.15) is 0 Å². The van der Waals surface area contributed by atoms with Crippen molar-refractivity contribution in [2.24, 2.45) is 0 Å². The van der Waals surface area contributed by atoms with Crippen molar-refractivity contribution in [2.75, 3.05) is 26.7 Å². The summed E-state index contributed by atoms with van der Waals surface area (Å²) in [6.45, 7) is 6.87. The lowest BCUT2D eigenvalue weighted by atomic mass is 10.2. The molecule has 10 heavy (non-hydrogen) atoms. The summed E-state index contributed by atoms with van der Waals surface area (Å²) in [7, 11) is 1.95. The van der Waals surface area contributed by atoms with Crippen LogP contribution in [-0.4, -0.2) is 37.7 Å². The van der Waals surface area contributed by atoms with Gasteiger partial charge in [-0.2, -0.15) is 0 Å². The number of hydrogen-bond acceptors (Lipinski definition) is 3. The molecule has 1 rings (SSSR count). The highest BCUT2D eigenvalue weighted by molar-refractivity contribution is 4.90. The second kappa shape index (κ2) is 3.71. The summed E-state index contributed by atoms with van der Waals surface area (Å²) in [6, 6.07) is 0.443. The largest absolute Gasteiger partial charge is 0.313 e. The lowest BCUT2D eigenvalue weighted by Gasteiger charge is -2.33. The van der Waals surface area contributed by atoms with Crippen molar-refractivity contribution in [1.29, 1.82) is 0 Å². The van der Waals surface area contributed by atoms with Crippen molar-refractivity contribution < 1.29 is 0 Å². The molecule has 1 unspecified atom stereocenters. The van der Waals surface area contributed by atoms with Crippen LogP contribution < -0.4 is 10.7 Å². The first-order valence-electron chi connectivity index (χ1n) is 3.65. The molecule has 0 amide bonds. The summed E-state index contributed by atoms with van der Waals surface area (Å²) < 4.78 is 0. The van der Waals surface area contributed by atoms with Crippen LogP contribution in [-0.2, 0) is 0 Å². The molecular formula is C7H15N3. The molecule has 1 fully saturated rings. The molecule has 1 heterocycles. The van der Waals surface area contributed by atoms with Crippen molar-refractivity contribution in [2.45, 2.75) is 6.04 Å². The topological polar surface area (TPSA) is 27.3 Å². The van der Waals surface area contributed by atoms with Crippen molar-refractivity contribution in [1.82, 2.24) is 15.8 Å². The minimum atomic E-state index is 0.443. The van der Waals surface area contributed by atoms with Crippen LogP contribution in [0.4, 0.5) is 0 Å². The fraction of sp³-hybridized carbons (Fsp3) is 0.714. The van der Waals surface area contributed by atoms with Gasteiger partial charge in [0.2, 0.25) is 0 Å². The number of piperazine rings is 1. The fourth-order valence-corrected chi connectivity index (χ4v) is 1.21. The molecule has 1 atom stereocenters. The Morgan fingerprint density at radius 2 is 2.60 bits per heavy atom. The van der Waals surface area contributed by atoms with Gasteiger partial charge in [-0.05, 0) is 7.05 Å². The molecule has 2 N–H and O–H groups in total. The lowest BCUT2D eigenvalue weighted by Crippen LogP contribution is -2.54. The average molecular weight is 141 g/mol. The zero-order valence-electron chi connectivity index (χ0n) is 6.43. The Kier molecular flexibility index (Phi) is 2.86. The zero-order chi connectivity index (χ0) is 7.40. The Morgan fingerprint density at radius 3 is 3.10 bits per heavy atom. The van der Waals surface area contributed by atoms with E-state index in [1.54, 1.807) is 0 Å². The van der Waals surface area contributed by atoms with Gasteiger partial charge in [0.15, 0.2) is 0 Å². The quantitative estimate of drug-likeness (QED) is 0.511. The third-order valence-corrected chi connectivity index (χ3v) is 1.84. The number of nitrogens with zero attached hydrogens (tertiary/aromatic N) is 1. The van der Waals surface area contributed by atoms with Crippen LogP contribution >= 0.6 is 0 Å². The molecule has 0 aromatic heterocycles. The molecule has 0 aromatic rings. The highest BCUT2D eigenvalue weighted by Gasteiger charge is 2.16. The summed E-state index contributed by atoms with van der Waals surface area (Å²) >= 11 is 0. The standard InChI is InChI=1S/C7H15N3/c1-3-7-6-9-4-5-10(7)8-2/h3,7-9H,1,4-6H2,2H3. The first kappa shape index (κ1) is 7.72. The summed E-state index contributed by atoms with van der Waals surface area (Å²) in [5.41, 5.74) is 3.13. The number of hydrogen-bond donors (Lipinski definition) is 2. The molecule has 0 radical (unpaired) electrons. The third-order valence-electron chi connectivity index (χ3n) is 1.84. The van der Waals surface area contributed by atoms with Gasteiger partial charge in [0.25, 0.3) is 0 Å². The minimum absolute atomic E-state index is 0.443. The van der Waals surface area contributed by atoms with Crippen molar-refractivity contribution >= 4 is 0 Å². The Labute approximate surface area is 62.1 Å². The Balaban J connectivity index is 2.41. The maximum Gasteiger partial charge on any atom is 0.0546 e. The molecule has 0 bridgehead atoms. The molecule has 0 aliphatic carbocycles. The van der Waals surface area contributed by atoms with Gasteiger partial charge in [0, 0.05) is 19.6 Å². The highest BCUT2D eigenvalue weighted by Crippen LogP contribution is 1.98. The van der Waals surface area contributed by atoms with Crippen molar-refractivity contribution in [3.8, 4) is 0 Å². The molecule has 3 heteroatoms. The van der Waals surface area contributed by atoms with Gasteiger partial charge in [-0.3, -0.25) is 5.43 Å². The van der Waals surface area contributed by atoms with Crippen molar-refractivity contribution in [3.05, 3.63) is 12.7 Å². The Hall–Kier alpha value is -0.380. The summed E-state index contributed by atoms with van der Waals surface area (Å²) in [5, 5.41) is 5.48. The molecule has 0 aromatic carbocycles. The van der Waals surface area contributed by atoms with E-state index >= 15 is 0 Å². The van der Waals surface area contributed by atoms with Crippen LogP contribution in [0.5, 0.6) is 0 Å². The van der Waals surface area contributed by atoms with Gasteiger partial charge in [-0.1, -0.05) is 6.08 Å². The molecule has 58 valence electrons. The van der Waals surface area contributed by atoms with Gasteiger partial charge < -0.3 is 5.32 Å². The summed E-state index contributed by atoms with van der Waals surface area (Å²) in [6.07, 6.45) is 1.96. The summed E-state index contributed by atoms with van der Waals surface area (Å²) in [5.74, 6) is 0. The van der Waals surface area contributed by atoms with Crippen LogP contribution in [0, 0.1) is 0 Å². The van der Waals surface area contributed by atoms with Crippen molar-refractivity contribution in [3.63, 3.8) is 0 Å². The monoisotopic (exact) mass is 141 g/mol. The number of nitrogens with one attached hydrogen (secondary N) is 2. The van der Waals surface area contributed by atoms with Crippen LogP contribution in [0.15, 0.2) is 12.7 Å². The second-order valence-corrected chi connectivity index (χ2v) is 2.42. The van der Waals surface area contributed by atoms with E-state index < -0.39 is 0 Å². The zero-order valence-corrected chi connectivity index (χ0v) is 6.43.